The third-order valence-corrected chi connectivity index (χ3v) is 9.32. The molecule has 3 fully saturated rings. The summed E-state index contributed by atoms with van der Waals surface area (Å²) < 4.78 is 5.53. The van der Waals surface area contributed by atoms with Crippen LogP contribution in [0.3, 0.4) is 0 Å². The number of allylic oxidation sites excluding steroid dienone is 3. The van der Waals surface area contributed by atoms with Crippen molar-refractivity contribution in [2.75, 3.05) is 13.7 Å². The van der Waals surface area contributed by atoms with Crippen molar-refractivity contribution in [1.82, 2.24) is 0 Å². The number of hydrogen-bond donors (Lipinski definition) is 2. The highest BCUT2D eigenvalue weighted by Crippen LogP contribution is 2.84. The first-order valence-corrected chi connectivity index (χ1v) is 10.2. The van der Waals surface area contributed by atoms with Crippen LogP contribution >= 0.6 is 0 Å². The summed E-state index contributed by atoms with van der Waals surface area (Å²) in [5, 5.41) is 21.2. The predicted octanol–water partition coefficient (Wildman–Crippen LogP) is 3.81. The number of aliphatic hydroxyl groups excluding tert-OH is 1. The lowest BCUT2D eigenvalue weighted by atomic mass is 9.47. The van der Waals surface area contributed by atoms with Gasteiger partial charge in [0.2, 0.25) is 0 Å². The highest BCUT2D eigenvalue weighted by atomic mass is 16.5. The third kappa shape index (κ3) is 1.75. The molecule has 25 heavy (non-hydrogen) atoms. The normalized spacial score (nSPS) is 53.4. The van der Waals surface area contributed by atoms with Gasteiger partial charge in [-0.3, -0.25) is 0 Å². The molecule has 138 valence electrons. The van der Waals surface area contributed by atoms with Crippen LogP contribution in [0.15, 0.2) is 23.0 Å². The summed E-state index contributed by atoms with van der Waals surface area (Å²) in [7, 11) is 1.79. The molecule has 0 saturated heterocycles. The lowest BCUT2D eigenvalue weighted by molar-refractivity contribution is -0.160. The lowest BCUT2D eigenvalue weighted by Gasteiger charge is -2.58. The Morgan fingerprint density at radius 3 is 2.84 bits per heavy atom. The van der Waals surface area contributed by atoms with Gasteiger partial charge in [0.1, 0.15) is 0 Å². The van der Waals surface area contributed by atoms with Crippen LogP contribution in [0.4, 0.5) is 0 Å². The molecule has 0 aromatic rings. The second kappa shape index (κ2) is 4.92. The van der Waals surface area contributed by atoms with Gasteiger partial charge >= 0.3 is 0 Å². The molecule has 0 radical (unpaired) electrons. The molecule has 0 amide bonds. The van der Waals surface area contributed by atoms with Gasteiger partial charge in [0.25, 0.3) is 0 Å². The van der Waals surface area contributed by atoms with Crippen LogP contribution < -0.4 is 0 Å². The van der Waals surface area contributed by atoms with Crippen LogP contribution in [0.25, 0.3) is 0 Å². The van der Waals surface area contributed by atoms with E-state index >= 15 is 0 Å². The van der Waals surface area contributed by atoms with E-state index in [1.807, 2.05) is 0 Å². The predicted molar refractivity (Wildman–Crippen MR) is 96.6 cm³/mol. The Morgan fingerprint density at radius 1 is 1.32 bits per heavy atom. The summed E-state index contributed by atoms with van der Waals surface area (Å²) in [4.78, 5) is 0. The summed E-state index contributed by atoms with van der Waals surface area (Å²) in [6.07, 6.45) is 9.89. The van der Waals surface area contributed by atoms with E-state index in [4.69, 9.17) is 4.74 Å². The van der Waals surface area contributed by atoms with Crippen LogP contribution in [-0.2, 0) is 4.74 Å². The monoisotopic (exact) mass is 344 g/mol. The highest BCUT2D eigenvalue weighted by Gasteiger charge is 2.81. The zero-order chi connectivity index (χ0) is 17.6. The van der Waals surface area contributed by atoms with E-state index in [1.165, 1.54) is 19.3 Å². The molecule has 3 nitrogen and oxygen atoms in total. The van der Waals surface area contributed by atoms with Gasteiger partial charge in [0.05, 0.1) is 25.1 Å². The molecule has 0 aromatic heterocycles. The fourth-order valence-electron chi connectivity index (χ4n) is 8.16. The number of hydrogen-bond acceptors (Lipinski definition) is 3. The molecule has 5 aliphatic carbocycles. The Labute approximate surface area is 151 Å². The fourth-order valence-corrected chi connectivity index (χ4v) is 8.16. The van der Waals surface area contributed by atoms with Gasteiger partial charge in [-0.15, -0.1) is 0 Å². The van der Waals surface area contributed by atoms with Gasteiger partial charge in [-0.05, 0) is 73.7 Å². The number of aliphatic hydroxyl groups is 2. The Hall–Kier alpha value is -0.800. The minimum Gasteiger partial charge on any atom is -0.501 e. The van der Waals surface area contributed by atoms with Gasteiger partial charge in [0.15, 0.2) is 0 Å². The second-order valence-corrected chi connectivity index (χ2v) is 9.90. The van der Waals surface area contributed by atoms with Crippen molar-refractivity contribution in [3.05, 3.63) is 23.0 Å². The molecule has 5 rings (SSSR count). The van der Waals surface area contributed by atoms with Crippen LogP contribution in [0.5, 0.6) is 0 Å². The van der Waals surface area contributed by atoms with Crippen LogP contribution in [0, 0.1) is 34.5 Å². The fraction of sp³-hybridized carbons (Fsp3) is 0.818. The van der Waals surface area contributed by atoms with Crippen LogP contribution in [-0.4, -0.2) is 29.5 Å². The summed E-state index contributed by atoms with van der Waals surface area (Å²) in [5.74, 6) is 3.81. The Bertz CT molecular complexity index is 679. The summed E-state index contributed by atoms with van der Waals surface area (Å²) in [6, 6.07) is 0. The first-order valence-electron chi connectivity index (χ1n) is 10.2. The SMILES string of the molecule is COC1=CCC2=C(C1)C[C@@H](C)[C@@H]1[C@@H]2CC[C@]2(C)[C@](O)(CO)C[C@H]3C[C@@]312. The standard InChI is InChI=1S/C22H32O3/c1-13-8-14-9-16(25-3)4-5-17(14)18-6-7-20(2)21(24,12-23)10-15-11-22(15,20)19(13)18/h4,13,15,18-19,23-24H,5-12H2,1-3H3/t13-,15+,18-,19-,20-,21-,22-/m1/s1. The number of fused-ring (bicyclic) bond motifs is 2. The topological polar surface area (TPSA) is 49.7 Å². The minimum absolute atomic E-state index is 0.0681. The van der Waals surface area contributed by atoms with E-state index in [0.717, 1.165) is 31.4 Å². The first-order chi connectivity index (χ1) is 11.9. The van der Waals surface area contributed by atoms with Crippen molar-refractivity contribution >= 4 is 0 Å². The van der Waals surface area contributed by atoms with Crippen molar-refractivity contribution in [3.63, 3.8) is 0 Å². The van der Waals surface area contributed by atoms with Crippen molar-refractivity contribution in [2.24, 2.45) is 34.5 Å². The van der Waals surface area contributed by atoms with Gasteiger partial charge < -0.3 is 14.9 Å². The maximum absolute atomic E-state index is 11.2. The molecular formula is C22H32O3. The van der Waals surface area contributed by atoms with Gasteiger partial charge in [-0.25, -0.2) is 0 Å². The number of rotatable bonds is 2. The zero-order valence-electron chi connectivity index (χ0n) is 15.8. The summed E-state index contributed by atoms with van der Waals surface area (Å²) in [6.45, 7) is 4.67. The minimum atomic E-state index is -0.856. The largest absolute Gasteiger partial charge is 0.501 e. The zero-order valence-corrected chi connectivity index (χ0v) is 15.8. The van der Waals surface area contributed by atoms with E-state index in [2.05, 4.69) is 19.9 Å². The van der Waals surface area contributed by atoms with Gasteiger partial charge in [0, 0.05) is 11.8 Å². The second-order valence-electron chi connectivity index (χ2n) is 9.90. The van der Waals surface area contributed by atoms with Crippen LogP contribution in [0.2, 0.25) is 0 Å². The first kappa shape index (κ1) is 16.4. The van der Waals surface area contributed by atoms with E-state index in [0.29, 0.717) is 23.7 Å². The van der Waals surface area contributed by atoms with E-state index in [1.54, 1.807) is 18.3 Å². The van der Waals surface area contributed by atoms with Crippen LogP contribution in [0.1, 0.15) is 58.8 Å². The molecule has 3 heteroatoms. The molecule has 3 saturated carbocycles. The molecule has 5 aliphatic rings. The molecule has 0 unspecified atom stereocenters. The van der Waals surface area contributed by atoms with E-state index in [-0.39, 0.29) is 17.4 Å². The van der Waals surface area contributed by atoms with Crippen molar-refractivity contribution < 1.29 is 14.9 Å². The number of ether oxygens (including phenoxy) is 1. The summed E-state index contributed by atoms with van der Waals surface area (Å²) in [5.41, 5.74) is 2.66. The average molecular weight is 344 g/mol. The highest BCUT2D eigenvalue weighted by molar-refractivity contribution is 5.38. The Morgan fingerprint density at radius 2 is 2.12 bits per heavy atom. The van der Waals surface area contributed by atoms with Gasteiger partial charge in [-0.2, -0.15) is 0 Å². The molecule has 0 heterocycles. The van der Waals surface area contributed by atoms with Crippen molar-refractivity contribution in [2.45, 2.75) is 64.4 Å². The smallest absolute Gasteiger partial charge is 0.0959 e. The maximum Gasteiger partial charge on any atom is 0.0959 e. The number of methoxy groups -OCH3 is 1. The molecule has 7 atom stereocenters. The molecule has 0 aliphatic heterocycles. The molecular weight excluding hydrogens is 312 g/mol. The van der Waals surface area contributed by atoms with E-state index in [9.17, 15) is 10.2 Å². The van der Waals surface area contributed by atoms with Gasteiger partial charge in [-0.1, -0.05) is 25.0 Å². The Balaban J connectivity index is 1.54. The summed E-state index contributed by atoms with van der Waals surface area (Å²) >= 11 is 0. The quantitative estimate of drug-likeness (QED) is 0.749. The van der Waals surface area contributed by atoms with Crippen molar-refractivity contribution in [3.8, 4) is 0 Å². The molecule has 0 bridgehead atoms. The lowest BCUT2D eigenvalue weighted by Crippen LogP contribution is -2.57. The third-order valence-electron chi connectivity index (χ3n) is 9.32. The molecule has 0 aromatic carbocycles. The average Bonchev–Trinajstić information content (AvgIpc) is 3.26. The Kier molecular flexibility index (Phi) is 3.22. The molecule has 2 N–H and O–H groups in total. The molecule has 1 spiro atoms. The van der Waals surface area contributed by atoms with Crippen molar-refractivity contribution in [1.29, 1.82) is 0 Å². The maximum atomic E-state index is 11.2. The van der Waals surface area contributed by atoms with E-state index < -0.39 is 5.60 Å².